The molecule has 0 fully saturated rings. The van der Waals surface area contributed by atoms with Crippen LogP contribution in [0, 0.1) is 6.92 Å². The first-order valence-corrected chi connectivity index (χ1v) is 9.33. The molecule has 0 amide bonds. The lowest BCUT2D eigenvalue weighted by molar-refractivity contribution is 0.0472. The molecule has 0 unspecified atom stereocenters. The van der Waals surface area contributed by atoms with E-state index in [0.717, 1.165) is 22.3 Å². The Balaban J connectivity index is 1.40. The van der Waals surface area contributed by atoms with Crippen molar-refractivity contribution < 1.29 is 9.53 Å². The van der Waals surface area contributed by atoms with Crippen molar-refractivity contribution in [2.75, 3.05) is 0 Å². The van der Waals surface area contributed by atoms with Crippen LogP contribution in [0.15, 0.2) is 78.9 Å². The van der Waals surface area contributed by atoms with Gasteiger partial charge in [-0.05, 0) is 41.0 Å². The van der Waals surface area contributed by atoms with Gasteiger partial charge >= 0.3 is 5.97 Å². The number of ether oxygens (including phenoxy) is 1. The summed E-state index contributed by atoms with van der Waals surface area (Å²) in [5.41, 5.74) is 4.47. The molecule has 4 aromatic rings. The summed E-state index contributed by atoms with van der Waals surface area (Å²) in [6, 6.07) is 24.8. The van der Waals surface area contributed by atoms with Crippen molar-refractivity contribution in [3.63, 3.8) is 0 Å². The molecule has 144 valence electrons. The van der Waals surface area contributed by atoms with E-state index in [0.29, 0.717) is 17.9 Å². The standard InChI is InChI=1S/C23H20N4O2/c1-17-7-5-6-10-21(17)16-29-23(28)20-13-11-19(12-14-20)22-24-26-27(25-22)15-18-8-3-2-4-9-18/h2-14H,15-16H2,1H3. The molecule has 0 aliphatic carbocycles. The molecule has 0 atom stereocenters. The lowest BCUT2D eigenvalue weighted by Gasteiger charge is -2.07. The van der Waals surface area contributed by atoms with Gasteiger partial charge in [0.15, 0.2) is 0 Å². The third-order valence-corrected chi connectivity index (χ3v) is 4.62. The minimum Gasteiger partial charge on any atom is -0.457 e. The van der Waals surface area contributed by atoms with Crippen LogP contribution in [0.5, 0.6) is 0 Å². The van der Waals surface area contributed by atoms with Crippen molar-refractivity contribution in [3.05, 3.63) is 101 Å². The number of tetrazole rings is 1. The number of carbonyl (C=O) groups is 1. The average molecular weight is 384 g/mol. The van der Waals surface area contributed by atoms with Crippen molar-refractivity contribution in [1.29, 1.82) is 0 Å². The van der Waals surface area contributed by atoms with E-state index in [9.17, 15) is 4.79 Å². The Morgan fingerprint density at radius 2 is 1.66 bits per heavy atom. The van der Waals surface area contributed by atoms with E-state index in [1.807, 2.05) is 61.5 Å². The first-order chi connectivity index (χ1) is 14.2. The molecule has 6 nitrogen and oxygen atoms in total. The highest BCUT2D eigenvalue weighted by atomic mass is 16.5. The topological polar surface area (TPSA) is 69.9 Å². The van der Waals surface area contributed by atoms with E-state index < -0.39 is 0 Å². The summed E-state index contributed by atoms with van der Waals surface area (Å²) in [6.07, 6.45) is 0. The smallest absolute Gasteiger partial charge is 0.338 e. The molecule has 0 aliphatic heterocycles. The van der Waals surface area contributed by atoms with Crippen molar-refractivity contribution in [3.8, 4) is 11.4 Å². The van der Waals surface area contributed by atoms with Gasteiger partial charge < -0.3 is 4.74 Å². The van der Waals surface area contributed by atoms with E-state index in [4.69, 9.17) is 4.74 Å². The Kier molecular flexibility index (Phi) is 5.42. The predicted molar refractivity (Wildman–Crippen MR) is 109 cm³/mol. The van der Waals surface area contributed by atoms with E-state index in [-0.39, 0.29) is 12.6 Å². The van der Waals surface area contributed by atoms with E-state index in [1.165, 1.54) is 0 Å². The molecule has 6 heteroatoms. The molecule has 0 saturated carbocycles. The van der Waals surface area contributed by atoms with Gasteiger partial charge in [0.1, 0.15) is 6.61 Å². The highest BCUT2D eigenvalue weighted by Crippen LogP contribution is 2.16. The van der Waals surface area contributed by atoms with Crippen LogP contribution >= 0.6 is 0 Å². The van der Waals surface area contributed by atoms with Crippen molar-refractivity contribution in [1.82, 2.24) is 20.2 Å². The number of benzene rings is 3. The van der Waals surface area contributed by atoms with Gasteiger partial charge in [0.25, 0.3) is 0 Å². The Morgan fingerprint density at radius 1 is 0.931 bits per heavy atom. The van der Waals surface area contributed by atoms with Crippen LogP contribution in [0.2, 0.25) is 0 Å². The highest BCUT2D eigenvalue weighted by molar-refractivity contribution is 5.89. The number of aromatic nitrogens is 4. The van der Waals surface area contributed by atoms with Gasteiger partial charge in [-0.25, -0.2) is 4.79 Å². The van der Waals surface area contributed by atoms with Gasteiger partial charge in [-0.2, -0.15) is 4.80 Å². The molecule has 3 aromatic carbocycles. The predicted octanol–water partition coefficient (Wildman–Crippen LogP) is 4.05. The van der Waals surface area contributed by atoms with Gasteiger partial charge in [-0.1, -0.05) is 66.7 Å². The minimum atomic E-state index is -0.361. The number of nitrogens with zero attached hydrogens (tertiary/aromatic N) is 4. The Hall–Kier alpha value is -3.80. The Bertz CT molecular complexity index is 1110. The Morgan fingerprint density at radius 3 is 2.41 bits per heavy atom. The molecule has 0 saturated heterocycles. The molecule has 0 aliphatic rings. The lowest BCUT2D eigenvalue weighted by Crippen LogP contribution is -2.06. The highest BCUT2D eigenvalue weighted by Gasteiger charge is 2.11. The van der Waals surface area contributed by atoms with Crippen molar-refractivity contribution >= 4 is 5.97 Å². The molecule has 1 aromatic heterocycles. The Labute approximate surface area is 168 Å². The van der Waals surface area contributed by atoms with Gasteiger partial charge in [0.2, 0.25) is 5.82 Å². The van der Waals surface area contributed by atoms with Crippen LogP contribution < -0.4 is 0 Å². The maximum absolute atomic E-state index is 12.3. The molecule has 29 heavy (non-hydrogen) atoms. The molecular formula is C23H20N4O2. The summed E-state index contributed by atoms with van der Waals surface area (Å²) in [4.78, 5) is 13.9. The van der Waals surface area contributed by atoms with Crippen LogP contribution in [-0.4, -0.2) is 26.2 Å². The molecule has 0 radical (unpaired) electrons. The summed E-state index contributed by atoms with van der Waals surface area (Å²) < 4.78 is 5.42. The number of hydrogen-bond acceptors (Lipinski definition) is 5. The molecule has 4 rings (SSSR count). The van der Waals surface area contributed by atoms with Crippen LogP contribution in [0.4, 0.5) is 0 Å². The van der Waals surface area contributed by atoms with Gasteiger partial charge in [-0.15, -0.1) is 10.2 Å². The maximum atomic E-state index is 12.3. The SMILES string of the molecule is Cc1ccccc1COC(=O)c1ccc(-c2nnn(Cc3ccccc3)n2)cc1. The normalized spacial score (nSPS) is 10.7. The summed E-state index contributed by atoms with van der Waals surface area (Å²) in [5.74, 6) is 0.154. The summed E-state index contributed by atoms with van der Waals surface area (Å²) in [5, 5.41) is 12.6. The van der Waals surface area contributed by atoms with E-state index >= 15 is 0 Å². The summed E-state index contributed by atoms with van der Waals surface area (Å²) in [6.45, 7) is 2.80. The minimum absolute atomic E-state index is 0.253. The number of aryl methyl sites for hydroxylation is 1. The fraction of sp³-hybridized carbons (Fsp3) is 0.130. The van der Waals surface area contributed by atoms with Crippen LogP contribution in [0.1, 0.15) is 27.0 Å². The summed E-state index contributed by atoms with van der Waals surface area (Å²) in [7, 11) is 0. The van der Waals surface area contributed by atoms with E-state index in [2.05, 4.69) is 15.4 Å². The zero-order valence-electron chi connectivity index (χ0n) is 16.0. The third-order valence-electron chi connectivity index (χ3n) is 4.62. The first kappa shape index (κ1) is 18.6. The number of carbonyl (C=O) groups excluding carboxylic acids is 1. The van der Waals surface area contributed by atoms with Crippen molar-refractivity contribution in [2.45, 2.75) is 20.1 Å². The van der Waals surface area contributed by atoms with Gasteiger partial charge in [0, 0.05) is 5.56 Å². The van der Waals surface area contributed by atoms with Gasteiger partial charge in [-0.3, -0.25) is 0 Å². The zero-order valence-corrected chi connectivity index (χ0v) is 16.0. The number of rotatable bonds is 6. The fourth-order valence-electron chi connectivity index (χ4n) is 2.93. The van der Waals surface area contributed by atoms with Crippen LogP contribution in [0.3, 0.4) is 0 Å². The number of esters is 1. The second-order valence-corrected chi connectivity index (χ2v) is 6.71. The molecule has 0 N–H and O–H groups in total. The largest absolute Gasteiger partial charge is 0.457 e. The molecule has 0 bridgehead atoms. The molecule has 1 heterocycles. The van der Waals surface area contributed by atoms with Crippen LogP contribution in [0.25, 0.3) is 11.4 Å². The van der Waals surface area contributed by atoms with Gasteiger partial charge in [0.05, 0.1) is 12.1 Å². The summed E-state index contributed by atoms with van der Waals surface area (Å²) >= 11 is 0. The zero-order chi connectivity index (χ0) is 20.1. The number of hydrogen-bond donors (Lipinski definition) is 0. The second-order valence-electron chi connectivity index (χ2n) is 6.71. The van der Waals surface area contributed by atoms with Crippen LogP contribution in [-0.2, 0) is 17.9 Å². The van der Waals surface area contributed by atoms with E-state index in [1.54, 1.807) is 29.1 Å². The fourth-order valence-corrected chi connectivity index (χ4v) is 2.93. The first-order valence-electron chi connectivity index (χ1n) is 9.33. The third kappa shape index (κ3) is 4.55. The molecule has 0 spiro atoms. The molecular weight excluding hydrogens is 364 g/mol. The lowest BCUT2D eigenvalue weighted by atomic mass is 10.1. The maximum Gasteiger partial charge on any atom is 0.338 e. The quantitative estimate of drug-likeness (QED) is 0.469. The second kappa shape index (κ2) is 8.48. The monoisotopic (exact) mass is 384 g/mol. The van der Waals surface area contributed by atoms with Crippen molar-refractivity contribution in [2.24, 2.45) is 0 Å². The average Bonchev–Trinajstić information content (AvgIpc) is 3.22.